The number of hydrogen-bond acceptors (Lipinski definition) is 2. The molecule has 0 radical (unpaired) electrons. The average molecular weight is 396 g/mol. The van der Waals surface area contributed by atoms with E-state index in [0.29, 0.717) is 6.61 Å². The summed E-state index contributed by atoms with van der Waals surface area (Å²) in [7, 11) is 0. The topological polar surface area (TPSA) is 21.3 Å². The number of nitrogens with one attached hydrogen (secondary N) is 1. The van der Waals surface area contributed by atoms with Crippen LogP contribution in [0.15, 0.2) is 71.2 Å². The van der Waals surface area contributed by atoms with E-state index in [1.165, 1.54) is 22.3 Å². The van der Waals surface area contributed by atoms with Gasteiger partial charge in [-0.1, -0.05) is 57.9 Å². The lowest BCUT2D eigenvalue weighted by Crippen LogP contribution is -2.02. The standard InChI is InChI=1S/C22H22BrNO/c1-16-6-8-18(9-7-16)15-25-21-5-3-4-19(13-21)14-24-22-11-10-20(23)12-17(22)2/h3-13,24H,14-15H2,1-2H3. The van der Waals surface area contributed by atoms with Gasteiger partial charge in [-0.15, -0.1) is 0 Å². The Kier molecular flexibility index (Phi) is 5.77. The molecule has 0 bridgehead atoms. The van der Waals surface area contributed by atoms with Gasteiger partial charge in [0.25, 0.3) is 0 Å². The van der Waals surface area contributed by atoms with Gasteiger partial charge in [-0.2, -0.15) is 0 Å². The zero-order chi connectivity index (χ0) is 17.6. The van der Waals surface area contributed by atoms with Crippen LogP contribution in [0.4, 0.5) is 5.69 Å². The fourth-order valence-corrected chi connectivity index (χ4v) is 3.09. The summed E-state index contributed by atoms with van der Waals surface area (Å²) in [5.41, 5.74) is 6.01. The predicted octanol–water partition coefficient (Wildman–Crippen LogP) is 6.26. The van der Waals surface area contributed by atoms with Crippen molar-refractivity contribution in [2.75, 3.05) is 5.32 Å². The molecule has 25 heavy (non-hydrogen) atoms. The normalized spacial score (nSPS) is 10.5. The minimum Gasteiger partial charge on any atom is -0.489 e. The fraction of sp³-hybridized carbons (Fsp3) is 0.182. The molecule has 3 aromatic rings. The first-order valence-corrected chi connectivity index (χ1v) is 9.17. The Balaban J connectivity index is 1.60. The molecule has 0 atom stereocenters. The molecule has 0 aliphatic heterocycles. The van der Waals surface area contributed by atoms with Crippen molar-refractivity contribution in [2.45, 2.75) is 27.0 Å². The van der Waals surface area contributed by atoms with Crippen LogP contribution in [-0.4, -0.2) is 0 Å². The number of halogens is 1. The van der Waals surface area contributed by atoms with Gasteiger partial charge in [0.05, 0.1) is 0 Å². The maximum Gasteiger partial charge on any atom is 0.120 e. The van der Waals surface area contributed by atoms with Gasteiger partial charge >= 0.3 is 0 Å². The van der Waals surface area contributed by atoms with Crippen molar-refractivity contribution in [1.29, 1.82) is 0 Å². The highest BCUT2D eigenvalue weighted by atomic mass is 79.9. The van der Waals surface area contributed by atoms with E-state index in [2.05, 4.69) is 89.7 Å². The highest BCUT2D eigenvalue weighted by molar-refractivity contribution is 9.10. The van der Waals surface area contributed by atoms with Gasteiger partial charge in [0, 0.05) is 16.7 Å². The van der Waals surface area contributed by atoms with Crippen LogP contribution in [-0.2, 0) is 13.2 Å². The van der Waals surface area contributed by atoms with Crippen LogP contribution in [0.1, 0.15) is 22.3 Å². The number of hydrogen-bond donors (Lipinski definition) is 1. The molecule has 0 amide bonds. The smallest absolute Gasteiger partial charge is 0.120 e. The monoisotopic (exact) mass is 395 g/mol. The quantitative estimate of drug-likeness (QED) is 0.531. The summed E-state index contributed by atoms with van der Waals surface area (Å²) < 4.78 is 7.03. The van der Waals surface area contributed by atoms with Gasteiger partial charge in [0.1, 0.15) is 12.4 Å². The number of benzene rings is 3. The maximum atomic E-state index is 5.93. The molecule has 3 aromatic carbocycles. The van der Waals surface area contributed by atoms with E-state index in [1.54, 1.807) is 0 Å². The molecule has 1 N–H and O–H groups in total. The zero-order valence-corrected chi connectivity index (χ0v) is 16.1. The molecule has 0 fully saturated rings. The second kappa shape index (κ2) is 8.21. The molecule has 3 heteroatoms. The van der Waals surface area contributed by atoms with Crippen molar-refractivity contribution in [2.24, 2.45) is 0 Å². The Morgan fingerprint density at radius 1 is 0.880 bits per heavy atom. The van der Waals surface area contributed by atoms with E-state index in [0.717, 1.165) is 22.5 Å². The van der Waals surface area contributed by atoms with E-state index in [4.69, 9.17) is 4.74 Å². The minimum atomic E-state index is 0.586. The first kappa shape index (κ1) is 17.6. The van der Waals surface area contributed by atoms with Crippen molar-refractivity contribution < 1.29 is 4.74 Å². The summed E-state index contributed by atoms with van der Waals surface area (Å²) in [5.74, 6) is 0.896. The fourth-order valence-electron chi connectivity index (χ4n) is 2.62. The molecule has 0 unspecified atom stereocenters. The maximum absolute atomic E-state index is 5.93. The summed E-state index contributed by atoms with van der Waals surface area (Å²) in [6.45, 7) is 5.55. The van der Waals surface area contributed by atoms with E-state index in [1.807, 2.05) is 12.1 Å². The summed E-state index contributed by atoms with van der Waals surface area (Å²) in [4.78, 5) is 0. The lowest BCUT2D eigenvalue weighted by molar-refractivity contribution is 0.306. The van der Waals surface area contributed by atoms with Crippen molar-refractivity contribution >= 4 is 21.6 Å². The predicted molar refractivity (Wildman–Crippen MR) is 108 cm³/mol. The molecule has 0 spiro atoms. The highest BCUT2D eigenvalue weighted by Gasteiger charge is 2.01. The Morgan fingerprint density at radius 2 is 1.68 bits per heavy atom. The second-order valence-electron chi connectivity index (χ2n) is 6.23. The third kappa shape index (κ3) is 5.10. The van der Waals surface area contributed by atoms with Gasteiger partial charge in [-0.3, -0.25) is 0 Å². The van der Waals surface area contributed by atoms with Gasteiger partial charge in [-0.25, -0.2) is 0 Å². The SMILES string of the molecule is Cc1ccc(COc2cccc(CNc3ccc(Br)cc3C)c2)cc1. The van der Waals surface area contributed by atoms with Crippen LogP contribution in [0.5, 0.6) is 5.75 Å². The lowest BCUT2D eigenvalue weighted by Gasteiger charge is -2.12. The number of rotatable bonds is 6. The van der Waals surface area contributed by atoms with Crippen LogP contribution in [0.25, 0.3) is 0 Å². The number of ether oxygens (including phenoxy) is 1. The molecular formula is C22H22BrNO. The molecule has 0 aliphatic rings. The highest BCUT2D eigenvalue weighted by Crippen LogP contribution is 2.21. The largest absolute Gasteiger partial charge is 0.489 e. The zero-order valence-electron chi connectivity index (χ0n) is 14.6. The Bertz CT molecular complexity index is 843. The molecule has 3 rings (SSSR count). The van der Waals surface area contributed by atoms with Gasteiger partial charge in [0.2, 0.25) is 0 Å². The van der Waals surface area contributed by atoms with E-state index in [9.17, 15) is 0 Å². The van der Waals surface area contributed by atoms with Crippen LogP contribution in [0, 0.1) is 13.8 Å². The second-order valence-corrected chi connectivity index (χ2v) is 7.15. The molecule has 0 aliphatic carbocycles. The van der Waals surface area contributed by atoms with Crippen LogP contribution in [0.2, 0.25) is 0 Å². The third-order valence-corrected chi connectivity index (χ3v) is 4.59. The lowest BCUT2D eigenvalue weighted by atomic mass is 10.1. The van der Waals surface area contributed by atoms with E-state index >= 15 is 0 Å². The van der Waals surface area contributed by atoms with Crippen LogP contribution < -0.4 is 10.1 Å². The average Bonchev–Trinajstić information content (AvgIpc) is 2.61. The van der Waals surface area contributed by atoms with Crippen molar-refractivity contribution in [3.05, 3.63) is 93.5 Å². The summed E-state index contributed by atoms with van der Waals surface area (Å²) >= 11 is 3.50. The van der Waals surface area contributed by atoms with Crippen LogP contribution in [0.3, 0.4) is 0 Å². The van der Waals surface area contributed by atoms with Crippen LogP contribution >= 0.6 is 15.9 Å². The molecule has 0 aromatic heterocycles. The molecule has 2 nitrogen and oxygen atoms in total. The van der Waals surface area contributed by atoms with Gasteiger partial charge < -0.3 is 10.1 Å². The Morgan fingerprint density at radius 3 is 2.44 bits per heavy atom. The van der Waals surface area contributed by atoms with E-state index < -0.39 is 0 Å². The van der Waals surface area contributed by atoms with Gasteiger partial charge in [-0.05, 0) is 60.9 Å². The minimum absolute atomic E-state index is 0.586. The summed E-state index contributed by atoms with van der Waals surface area (Å²) in [5, 5.41) is 3.49. The van der Waals surface area contributed by atoms with E-state index in [-0.39, 0.29) is 0 Å². The third-order valence-electron chi connectivity index (χ3n) is 4.10. The molecule has 0 saturated heterocycles. The molecule has 0 saturated carbocycles. The summed E-state index contributed by atoms with van der Waals surface area (Å²) in [6.07, 6.45) is 0. The first-order chi connectivity index (χ1) is 12.1. The molecule has 128 valence electrons. The molecule has 0 heterocycles. The van der Waals surface area contributed by atoms with Crippen molar-refractivity contribution in [3.8, 4) is 5.75 Å². The summed E-state index contributed by atoms with van der Waals surface area (Å²) in [6, 6.07) is 22.9. The van der Waals surface area contributed by atoms with Gasteiger partial charge in [0.15, 0.2) is 0 Å². The first-order valence-electron chi connectivity index (χ1n) is 8.37. The van der Waals surface area contributed by atoms with Crippen molar-refractivity contribution in [1.82, 2.24) is 0 Å². The number of aryl methyl sites for hydroxylation is 2. The Hall–Kier alpha value is -2.26. The van der Waals surface area contributed by atoms with Crippen molar-refractivity contribution in [3.63, 3.8) is 0 Å². The number of anilines is 1. The molecular weight excluding hydrogens is 374 g/mol. The Labute approximate surface area is 158 Å².